The minimum atomic E-state index is -0.106. The predicted octanol–water partition coefficient (Wildman–Crippen LogP) is 10.3. The third-order valence-electron chi connectivity index (χ3n) is 11.8. The van der Waals surface area contributed by atoms with Crippen molar-refractivity contribution in [3.63, 3.8) is 0 Å². The normalized spacial score (nSPS) is 18.0. The third-order valence-corrected chi connectivity index (χ3v) is 11.8. The highest BCUT2D eigenvalue weighted by Crippen LogP contribution is 2.41. The van der Waals surface area contributed by atoms with E-state index in [1.165, 1.54) is 0 Å². The van der Waals surface area contributed by atoms with E-state index in [1.54, 1.807) is 7.11 Å². The molecule has 64 heavy (non-hydrogen) atoms. The van der Waals surface area contributed by atoms with Crippen LogP contribution in [0.2, 0.25) is 0 Å². The van der Waals surface area contributed by atoms with E-state index < -0.39 is 0 Å². The van der Waals surface area contributed by atoms with E-state index in [1.807, 2.05) is 24.3 Å². The molecule has 4 unspecified atom stereocenters. The van der Waals surface area contributed by atoms with Crippen molar-refractivity contribution in [1.82, 2.24) is 0 Å². The lowest BCUT2D eigenvalue weighted by Gasteiger charge is -2.25. The first kappa shape index (κ1) is 44.7. The molecule has 0 saturated carbocycles. The summed E-state index contributed by atoms with van der Waals surface area (Å²) in [7, 11) is 1.68. The van der Waals surface area contributed by atoms with E-state index >= 15 is 0 Å². The Hall–Kier alpha value is -5.90. The maximum atomic E-state index is 6.27. The molecule has 0 bridgehead atoms. The molecule has 4 atom stereocenters. The van der Waals surface area contributed by atoms with E-state index in [0.717, 1.165) is 98.5 Å². The summed E-state index contributed by atoms with van der Waals surface area (Å²) in [4.78, 5) is 0. The number of rotatable bonds is 27. The van der Waals surface area contributed by atoms with Crippen LogP contribution in [0.15, 0.2) is 148 Å². The second-order valence-corrected chi connectivity index (χ2v) is 16.6. The van der Waals surface area contributed by atoms with Gasteiger partial charge in [-0.2, -0.15) is 0 Å². The van der Waals surface area contributed by atoms with Crippen molar-refractivity contribution in [2.75, 3.05) is 60.0 Å². The minimum absolute atomic E-state index is 0.102. The first-order valence-electron chi connectivity index (χ1n) is 22.4. The van der Waals surface area contributed by atoms with Crippen molar-refractivity contribution < 1.29 is 37.9 Å². The number of benzene rings is 5. The van der Waals surface area contributed by atoms with Gasteiger partial charge in [-0.25, -0.2) is 0 Å². The lowest BCUT2D eigenvalue weighted by Crippen LogP contribution is -2.11. The standard InChI is InChI=1S/C56H60O8/c1-6-10-40-28-44(18-22-51(40)58-27-26-57-5)55(45-19-23-52(41(29-45)11-7-2)62-35-48-32-59-48)38-14-16-39(17-15-38)56(46-20-24-53(42(30-46)12-8-3)63-36-49-33-60-49)47-21-25-54(43(31-47)13-9-4)64-37-50-34-61-50/h6-9,14-25,28-31,48-50,55-56H,1-4,10-13,26-27,32-37H2,5H3. The summed E-state index contributed by atoms with van der Waals surface area (Å²) < 4.78 is 46.6. The van der Waals surface area contributed by atoms with Gasteiger partial charge < -0.3 is 37.9 Å². The largest absolute Gasteiger partial charge is 0.491 e. The molecule has 0 aliphatic carbocycles. The maximum absolute atomic E-state index is 6.27. The predicted molar refractivity (Wildman–Crippen MR) is 253 cm³/mol. The monoisotopic (exact) mass is 860 g/mol. The fourth-order valence-corrected chi connectivity index (χ4v) is 8.25. The van der Waals surface area contributed by atoms with Gasteiger partial charge in [0.05, 0.1) is 26.4 Å². The molecule has 8 rings (SSSR count). The smallest absolute Gasteiger partial charge is 0.122 e. The number of hydrogen-bond donors (Lipinski definition) is 0. The molecular weight excluding hydrogens is 801 g/mol. The molecule has 3 aliphatic heterocycles. The Morgan fingerprint density at radius 3 is 0.984 bits per heavy atom. The fraction of sp³-hybridized carbons (Fsp3) is 0.321. The second kappa shape index (κ2) is 21.7. The first-order chi connectivity index (χ1) is 31.5. The van der Waals surface area contributed by atoms with E-state index in [0.29, 0.717) is 58.7 Å². The van der Waals surface area contributed by atoms with Crippen molar-refractivity contribution >= 4 is 0 Å². The number of allylic oxidation sites excluding steroid dienone is 4. The number of epoxide rings is 3. The Morgan fingerprint density at radius 2 is 0.719 bits per heavy atom. The Labute approximate surface area is 378 Å². The van der Waals surface area contributed by atoms with Crippen LogP contribution >= 0.6 is 0 Å². The summed E-state index contributed by atoms with van der Waals surface area (Å²) in [6.45, 7) is 21.1. The summed E-state index contributed by atoms with van der Waals surface area (Å²) in [5.41, 5.74) is 11.2. The molecule has 332 valence electrons. The zero-order valence-corrected chi connectivity index (χ0v) is 37.0. The van der Waals surface area contributed by atoms with E-state index in [-0.39, 0.29) is 30.1 Å². The summed E-state index contributed by atoms with van der Waals surface area (Å²) >= 11 is 0. The summed E-state index contributed by atoms with van der Waals surface area (Å²) in [6.07, 6.45) is 10.9. The van der Waals surface area contributed by atoms with Crippen LogP contribution in [-0.2, 0) is 44.6 Å². The quantitative estimate of drug-likeness (QED) is 0.0223. The van der Waals surface area contributed by atoms with Gasteiger partial charge in [-0.3, -0.25) is 0 Å². The maximum Gasteiger partial charge on any atom is 0.122 e. The number of hydrogen-bond acceptors (Lipinski definition) is 8. The van der Waals surface area contributed by atoms with Crippen molar-refractivity contribution in [3.8, 4) is 23.0 Å². The lowest BCUT2D eigenvalue weighted by atomic mass is 9.80. The zero-order chi connectivity index (χ0) is 44.3. The van der Waals surface area contributed by atoms with Gasteiger partial charge in [0.15, 0.2) is 0 Å². The van der Waals surface area contributed by atoms with E-state index in [4.69, 9.17) is 37.9 Å². The van der Waals surface area contributed by atoms with Crippen LogP contribution in [0.4, 0.5) is 0 Å². The van der Waals surface area contributed by atoms with Crippen molar-refractivity contribution in [2.24, 2.45) is 0 Å². The molecule has 3 fully saturated rings. The molecule has 8 nitrogen and oxygen atoms in total. The molecule has 0 aromatic heterocycles. The van der Waals surface area contributed by atoms with Crippen LogP contribution in [0.25, 0.3) is 0 Å². The second-order valence-electron chi connectivity index (χ2n) is 16.6. The van der Waals surface area contributed by atoms with Crippen LogP contribution in [0.1, 0.15) is 67.5 Å². The lowest BCUT2D eigenvalue weighted by molar-refractivity contribution is 0.146. The van der Waals surface area contributed by atoms with E-state index in [2.05, 4.69) is 123 Å². The van der Waals surface area contributed by atoms with Crippen molar-refractivity contribution in [2.45, 2.75) is 55.8 Å². The van der Waals surface area contributed by atoms with Crippen molar-refractivity contribution in [3.05, 3.63) is 203 Å². The average Bonchev–Trinajstić information content (AvgIpc) is 4.15. The van der Waals surface area contributed by atoms with Crippen LogP contribution < -0.4 is 18.9 Å². The molecule has 0 radical (unpaired) electrons. The van der Waals surface area contributed by atoms with Crippen molar-refractivity contribution in [1.29, 1.82) is 0 Å². The highest BCUT2D eigenvalue weighted by molar-refractivity contribution is 5.54. The highest BCUT2D eigenvalue weighted by Gasteiger charge is 2.28. The highest BCUT2D eigenvalue weighted by atomic mass is 16.6. The van der Waals surface area contributed by atoms with Crippen LogP contribution in [-0.4, -0.2) is 78.3 Å². The summed E-state index contributed by atoms with van der Waals surface area (Å²) in [5.74, 6) is 3.19. The SMILES string of the molecule is C=CCc1cc(C(c2ccc(C(c3ccc(OCC4CO4)c(CC=C)c3)c3ccc(OCC4CO4)c(CC=C)c3)cc2)c2ccc(OCC3CO3)c(CC=C)c2)ccc1OCCOC. The molecule has 5 aromatic carbocycles. The van der Waals surface area contributed by atoms with Gasteiger partial charge in [-0.1, -0.05) is 97.1 Å². The van der Waals surface area contributed by atoms with Crippen LogP contribution in [0.3, 0.4) is 0 Å². The van der Waals surface area contributed by atoms with Gasteiger partial charge in [-0.05, 0) is 106 Å². The van der Waals surface area contributed by atoms with Gasteiger partial charge in [0, 0.05) is 18.9 Å². The first-order valence-corrected chi connectivity index (χ1v) is 22.4. The van der Waals surface area contributed by atoms with Gasteiger partial charge >= 0.3 is 0 Å². The molecule has 0 N–H and O–H groups in total. The molecule has 0 amide bonds. The number of methoxy groups -OCH3 is 1. The summed E-state index contributed by atoms with van der Waals surface area (Å²) in [5, 5.41) is 0. The Balaban J connectivity index is 1.21. The topological polar surface area (TPSA) is 83.7 Å². The average molecular weight is 861 g/mol. The van der Waals surface area contributed by atoms with E-state index in [9.17, 15) is 0 Å². The molecule has 0 spiro atoms. The zero-order valence-electron chi connectivity index (χ0n) is 37.0. The molecule has 3 saturated heterocycles. The van der Waals surface area contributed by atoms with Gasteiger partial charge in [0.25, 0.3) is 0 Å². The third kappa shape index (κ3) is 11.6. The van der Waals surface area contributed by atoms with Gasteiger partial charge in [0.2, 0.25) is 0 Å². The molecule has 3 aliphatic rings. The Morgan fingerprint density at radius 1 is 0.438 bits per heavy atom. The Kier molecular flexibility index (Phi) is 15.1. The molecular formula is C56H60O8. The van der Waals surface area contributed by atoms with Gasteiger partial charge in [0.1, 0.15) is 67.7 Å². The number of ether oxygens (including phenoxy) is 8. The van der Waals surface area contributed by atoms with Gasteiger partial charge in [-0.15, -0.1) is 26.3 Å². The molecule has 5 aromatic rings. The molecule has 8 heteroatoms. The summed E-state index contributed by atoms with van der Waals surface area (Å²) in [6, 6.07) is 35.3. The fourth-order valence-electron chi connectivity index (χ4n) is 8.25. The Bertz CT molecular complexity index is 2320. The minimum Gasteiger partial charge on any atom is -0.491 e. The molecule has 3 heterocycles. The van der Waals surface area contributed by atoms with Crippen LogP contribution in [0.5, 0.6) is 23.0 Å². The van der Waals surface area contributed by atoms with Crippen LogP contribution in [0, 0.1) is 0 Å².